The second kappa shape index (κ2) is 14.3. The van der Waals surface area contributed by atoms with Crippen molar-refractivity contribution in [2.45, 2.75) is 26.2 Å². The van der Waals surface area contributed by atoms with Gasteiger partial charge in [0.1, 0.15) is 11.3 Å². The van der Waals surface area contributed by atoms with Crippen molar-refractivity contribution in [2.75, 3.05) is 64.1 Å². The van der Waals surface area contributed by atoms with Crippen molar-refractivity contribution in [3.8, 4) is 0 Å². The summed E-state index contributed by atoms with van der Waals surface area (Å²) in [7, 11) is 3.38. The molecule has 10 nitrogen and oxygen atoms in total. The largest absolute Gasteiger partial charge is 0.464 e. The zero-order valence-electron chi connectivity index (χ0n) is 26.1. The van der Waals surface area contributed by atoms with E-state index in [-0.39, 0.29) is 17.7 Å². The van der Waals surface area contributed by atoms with E-state index in [0.717, 1.165) is 55.3 Å². The summed E-state index contributed by atoms with van der Waals surface area (Å²) in [6.45, 7) is 7.55. The summed E-state index contributed by atoms with van der Waals surface area (Å²) in [5.74, 6) is -1.12. The van der Waals surface area contributed by atoms with Crippen molar-refractivity contribution in [1.82, 2.24) is 25.1 Å². The number of H-pyrrole nitrogens is 1. The highest BCUT2D eigenvalue weighted by Crippen LogP contribution is 2.33. The lowest BCUT2D eigenvalue weighted by atomic mass is 10.0. The van der Waals surface area contributed by atoms with Crippen LogP contribution in [0.3, 0.4) is 0 Å². The monoisotopic (exact) mass is 637 g/mol. The number of esters is 1. The number of aromatic amines is 1. The first-order chi connectivity index (χ1) is 22.0. The van der Waals surface area contributed by atoms with Crippen LogP contribution in [0.5, 0.6) is 0 Å². The summed E-state index contributed by atoms with van der Waals surface area (Å²) in [5, 5.41) is 9.89. The number of likely N-dealkylation sites (N-methyl/N-ethyl adjacent to an activating group) is 1. The van der Waals surface area contributed by atoms with Gasteiger partial charge in [0.25, 0.3) is 5.91 Å². The standard InChI is InChI=1S/C33H38F3N7O3/c1-21-4-7-26(15-25(21)19-38-27-14-24-17-29(32(45)46-3)41-30(24)39-20-27)40-31(44)22-5-6-23(28(16-22)33(34,35)36)18-37-8-9-43-12-10-42(2)11-13-43/h4-7,14-17,20,37-38H,8-13,18-19H2,1-3H3,(H,39,41)(H,40,44). The number of rotatable bonds is 11. The number of anilines is 2. The number of fused-ring (bicyclic) bond motifs is 1. The number of nitrogens with zero attached hydrogens (tertiary/aromatic N) is 3. The van der Waals surface area contributed by atoms with Crippen LogP contribution in [0, 0.1) is 6.92 Å². The molecule has 0 spiro atoms. The molecule has 2 aromatic heterocycles. The molecule has 4 aromatic rings. The molecule has 1 amide bonds. The van der Waals surface area contributed by atoms with Crippen molar-refractivity contribution in [3.63, 3.8) is 0 Å². The maximum Gasteiger partial charge on any atom is 0.416 e. The number of pyridine rings is 1. The summed E-state index contributed by atoms with van der Waals surface area (Å²) in [6, 6.07) is 12.5. The first-order valence-electron chi connectivity index (χ1n) is 15.0. The molecule has 13 heteroatoms. The van der Waals surface area contributed by atoms with Crippen LogP contribution in [0.4, 0.5) is 24.5 Å². The van der Waals surface area contributed by atoms with E-state index < -0.39 is 23.6 Å². The number of aryl methyl sites for hydroxylation is 1. The third kappa shape index (κ3) is 8.22. The van der Waals surface area contributed by atoms with E-state index >= 15 is 0 Å². The highest BCUT2D eigenvalue weighted by molar-refractivity contribution is 6.04. The van der Waals surface area contributed by atoms with Gasteiger partial charge in [-0.1, -0.05) is 12.1 Å². The van der Waals surface area contributed by atoms with Gasteiger partial charge in [0.2, 0.25) is 0 Å². The Kier molecular flexibility index (Phi) is 10.2. The number of benzene rings is 2. The Morgan fingerprint density at radius 1 is 0.978 bits per heavy atom. The van der Waals surface area contributed by atoms with E-state index in [1.54, 1.807) is 24.4 Å². The number of ether oxygens (including phenoxy) is 1. The molecule has 5 rings (SSSR count). The van der Waals surface area contributed by atoms with Crippen LogP contribution in [0.2, 0.25) is 0 Å². The van der Waals surface area contributed by atoms with E-state index in [4.69, 9.17) is 4.74 Å². The molecule has 3 heterocycles. The average Bonchev–Trinajstić information content (AvgIpc) is 3.47. The van der Waals surface area contributed by atoms with Gasteiger partial charge in [-0.3, -0.25) is 9.69 Å². The number of alkyl halides is 3. The average molecular weight is 638 g/mol. The highest BCUT2D eigenvalue weighted by Gasteiger charge is 2.34. The van der Waals surface area contributed by atoms with E-state index in [1.165, 1.54) is 19.2 Å². The number of carbonyl (C=O) groups is 2. The first-order valence-corrected chi connectivity index (χ1v) is 15.0. The zero-order valence-corrected chi connectivity index (χ0v) is 26.1. The normalized spacial score (nSPS) is 14.4. The van der Waals surface area contributed by atoms with E-state index in [9.17, 15) is 22.8 Å². The van der Waals surface area contributed by atoms with Gasteiger partial charge < -0.3 is 30.6 Å². The molecule has 0 atom stereocenters. The summed E-state index contributed by atoms with van der Waals surface area (Å²) in [5.41, 5.74) is 3.04. The number of hydrogen-bond acceptors (Lipinski definition) is 8. The number of halogens is 3. The van der Waals surface area contributed by atoms with Gasteiger partial charge in [-0.15, -0.1) is 0 Å². The molecule has 4 N–H and O–H groups in total. The Morgan fingerprint density at radius 3 is 2.50 bits per heavy atom. The Hall–Kier alpha value is -4.46. The van der Waals surface area contributed by atoms with E-state index in [0.29, 0.717) is 35.8 Å². The van der Waals surface area contributed by atoms with Crippen molar-refractivity contribution in [3.05, 3.63) is 88.2 Å². The minimum absolute atomic E-state index is 0.0534. The van der Waals surface area contributed by atoms with Gasteiger partial charge in [-0.2, -0.15) is 13.2 Å². The second-order valence-corrected chi connectivity index (χ2v) is 11.5. The van der Waals surface area contributed by atoms with Gasteiger partial charge in [0.15, 0.2) is 0 Å². The van der Waals surface area contributed by atoms with Crippen LogP contribution in [0.1, 0.15) is 43.1 Å². The SMILES string of the molecule is COC(=O)c1cc2cc(NCc3cc(NC(=O)c4ccc(CNCCN5CCN(C)CC5)c(C(F)(F)F)c4)ccc3C)cnc2[nH]1. The number of hydrogen-bond donors (Lipinski definition) is 4. The Labute approximate surface area is 265 Å². The number of nitrogens with one attached hydrogen (secondary N) is 4. The van der Waals surface area contributed by atoms with Crippen LogP contribution in [-0.2, 0) is 24.0 Å². The van der Waals surface area contributed by atoms with E-state index in [1.807, 2.05) is 19.1 Å². The number of amides is 1. The van der Waals surface area contributed by atoms with Gasteiger partial charge >= 0.3 is 12.1 Å². The maximum atomic E-state index is 14.0. The quantitative estimate of drug-likeness (QED) is 0.136. The molecule has 0 saturated carbocycles. The lowest BCUT2D eigenvalue weighted by molar-refractivity contribution is -0.138. The summed E-state index contributed by atoms with van der Waals surface area (Å²) in [4.78, 5) is 36.7. The molecule has 244 valence electrons. The third-order valence-electron chi connectivity index (χ3n) is 8.16. The lowest BCUT2D eigenvalue weighted by Gasteiger charge is -2.32. The van der Waals surface area contributed by atoms with Crippen molar-refractivity contribution >= 4 is 34.3 Å². The summed E-state index contributed by atoms with van der Waals surface area (Å²) < 4.78 is 46.8. The topological polar surface area (TPSA) is 115 Å². The van der Waals surface area contributed by atoms with Gasteiger partial charge in [-0.05, 0) is 67.1 Å². The highest BCUT2D eigenvalue weighted by atomic mass is 19.4. The molecule has 2 aromatic carbocycles. The molecule has 1 fully saturated rings. The Balaban J connectivity index is 1.21. The molecular formula is C33H38F3N7O3. The number of carbonyl (C=O) groups excluding carboxylic acids is 2. The fraction of sp³-hybridized carbons (Fsp3) is 0.364. The molecule has 0 bridgehead atoms. The molecule has 0 aliphatic carbocycles. The van der Waals surface area contributed by atoms with Crippen molar-refractivity contribution < 1.29 is 27.5 Å². The van der Waals surface area contributed by atoms with Crippen LogP contribution in [-0.4, -0.2) is 85.1 Å². The van der Waals surface area contributed by atoms with Gasteiger partial charge in [-0.25, -0.2) is 9.78 Å². The molecule has 0 radical (unpaired) electrons. The van der Waals surface area contributed by atoms with Crippen LogP contribution in [0.15, 0.2) is 54.7 Å². The second-order valence-electron chi connectivity index (χ2n) is 11.5. The molecule has 0 unspecified atom stereocenters. The third-order valence-corrected chi connectivity index (χ3v) is 8.16. The van der Waals surface area contributed by atoms with Gasteiger partial charge in [0, 0.05) is 69.0 Å². The van der Waals surface area contributed by atoms with Crippen molar-refractivity contribution in [2.24, 2.45) is 0 Å². The molecule has 1 aliphatic rings. The smallest absolute Gasteiger partial charge is 0.416 e. The van der Waals surface area contributed by atoms with E-state index in [2.05, 4.69) is 42.8 Å². The van der Waals surface area contributed by atoms with Gasteiger partial charge in [0.05, 0.1) is 24.6 Å². The minimum atomic E-state index is -4.60. The Morgan fingerprint density at radius 2 is 1.76 bits per heavy atom. The number of aromatic nitrogens is 2. The summed E-state index contributed by atoms with van der Waals surface area (Å²) in [6.07, 6.45) is -2.97. The van der Waals surface area contributed by atoms with Crippen LogP contribution < -0.4 is 16.0 Å². The predicted molar refractivity (Wildman–Crippen MR) is 171 cm³/mol. The molecular weight excluding hydrogens is 599 g/mol. The predicted octanol–water partition coefficient (Wildman–Crippen LogP) is 4.88. The fourth-order valence-corrected chi connectivity index (χ4v) is 5.34. The number of piperazine rings is 1. The Bertz CT molecular complexity index is 1700. The molecule has 1 saturated heterocycles. The zero-order chi connectivity index (χ0) is 32.8. The molecule has 1 aliphatic heterocycles. The first kappa shape index (κ1) is 32.9. The number of methoxy groups -OCH3 is 1. The van der Waals surface area contributed by atoms with Crippen LogP contribution in [0.25, 0.3) is 11.0 Å². The minimum Gasteiger partial charge on any atom is -0.464 e. The maximum absolute atomic E-state index is 14.0. The van der Waals surface area contributed by atoms with Crippen molar-refractivity contribution in [1.29, 1.82) is 0 Å². The summed E-state index contributed by atoms with van der Waals surface area (Å²) >= 11 is 0. The lowest BCUT2D eigenvalue weighted by Crippen LogP contribution is -2.46. The van der Waals surface area contributed by atoms with Crippen LogP contribution >= 0.6 is 0 Å². The fourth-order valence-electron chi connectivity index (χ4n) is 5.34. The molecule has 46 heavy (non-hydrogen) atoms.